The Balaban J connectivity index is 2.94. The number of hydrogen-bond donors (Lipinski definition) is 2. The summed E-state index contributed by atoms with van der Waals surface area (Å²) in [5.41, 5.74) is 2.95. The van der Waals surface area contributed by atoms with Crippen LogP contribution in [0.1, 0.15) is 10.4 Å². The van der Waals surface area contributed by atoms with Crippen LogP contribution in [0.4, 0.5) is 5.69 Å². The summed E-state index contributed by atoms with van der Waals surface area (Å²) in [6.07, 6.45) is 0. The minimum Gasteiger partial charge on any atom is -0.290 e. The van der Waals surface area contributed by atoms with Gasteiger partial charge in [-0.1, -0.05) is 24.3 Å². The summed E-state index contributed by atoms with van der Waals surface area (Å²) in [5, 5.41) is 0. The van der Waals surface area contributed by atoms with Gasteiger partial charge in [-0.3, -0.25) is 10.2 Å². The molecule has 0 fully saturated rings. The molecule has 0 bridgehead atoms. The number of hydrogen-bond acceptors (Lipinski definition) is 2. The summed E-state index contributed by atoms with van der Waals surface area (Å²) in [5.74, 6) is 4.56. The first-order valence-corrected chi connectivity index (χ1v) is 3.26. The van der Waals surface area contributed by atoms with Crippen LogP contribution in [0.15, 0.2) is 24.3 Å². The van der Waals surface area contributed by atoms with E-state index in [-0.39, 0.29) is 5.91 Å². The SMILES string of the molecule is [C-]#[N+]c1ccc(C(=O)NN)cc1. The number of amides is 1. The van der Waals surface area contributed by atoms with Crippen molar-refractivity contribution in [1.82, 2.24) is 5.43 Å². The summed E-state index contributed by atoms with van der Waals surface area (Å²) < 4.78 is 0. The van der Waals surface area contributed by atoms with Crippen molar-refractivity contribution in [1.29, 1.82) is 0 Å². The maximum atomic E-state index is 10.9. The zero-order valence-electron chi connectivity index (χ0n) is 6.24. The second kappa shape index (κ2) is 3.51. The zero-order valence-corrected chi connectivity index (χ0v) is 6.24. The molecule has 0 aliphatic rings. The van der Waals surface area contributed by atoms with E-state index < -0.39 is 0 Å². The lowest BCUT2D eigenvalue weighted by atomic mass is 10.2. The third kappa shape index (κ3) is 1.59. The number of rotatable bonds is 1. The lowest BCUT2D eigenvalue weighted by Crippen LogP contribution is -2.29. The standard InChI is InChI=1S/C8H7N3O/c1-10-7-4-2-6(3-5-7)8(12)11-9/h2-5H,9H2,(H,11,12). The first-order chi connectivity index (χ1) is 5.77. The van der Waals surface area contributed by atoms with Crippen molar-refractivity contribution in [3.63, 3.8) is 0 Å². The number of nitrogens with one attached hydrogen (secondary N) is 1. The van der Waals surface area contributed by atoms with E-state index in [9.17, 15) is 4.79 Å². The van der Waals surface area contributed by atoms with E-state index in [1.807, 2.05) is 5.43 Å². The number of hydrazine groups is 1. The molecule has 3 N–H and O–H groups in total. The molecule has 0 saturated heterocycles. The number of nitrogens with two attached hydrogens (primary N) is 1. The second-order valence-corrected chi connectivity index (χ2v) is 2.13. The fourth-order valence-corrected chi connectivity index (χ4v) is 0.771. The molecule has 0 aromatic heterocycles. The molecular formula is C8H7N3O. The molecule has 4 nitrogen and oxygen atoms in total. The molecule has 0 saturated carbocycles. The van der Waals surface area contributed by atoms with E-state index in [0.717, 1.165) is 0 Å². The highest BCUT2D eigenvalue weighted by Gasteiger charge is 2.01. The van der Waals surface area contributed by atoms with Crippen LogP contribution in [0.2, 0.25) is 0 Å². The Morgan fingerprint density at radius 2 is 2.00 bits per heavy atom. The molecule has 0 aliphatic carbocycles. The van der Waals surface area contributed by atoms with Crippen LogP contribution in [0.25, 0.3) is 4.85 Å². The molecule has 1 aromatic carbocycles. The molecule has 1 amide bonds. The molecule has 0 heterocycles. The van der Waals surface area contributed by atoms with Gasteiger partial charge in [0.15, 0.2) is 5.69 Å². The van der Waals surface area contributed by atoms with Crippen molar-refractivity contribution in [2.24, 2.45) is 5.84 Å². The quantitative estimate of drug-likeness (QED) is 0.277. The lowest BCUT2D eigenvalue weighted by Gasteiger charge is -1.97. The summed E-state index contributed by atoms with van der Waals surface area (Å²) >= 11 is 0. The highest BCUT2D eigenvalue weighted by molar-refractivity contribution is 5.94. The van der Waals surface area contributed by atoms with E-state index in [1.54, 1.807) is 24.3 Å². The summed E-state index contributed by atoms with van der Waals surface area (Å²) in [4.78, 5) is 14.1. The number of carbonyl (C=O) groups excluding carboxylic acids is 1. The molecule has 4 heteroatoms. The van der Waals surface area contributed by atoms with Gasteiger partial charge in [0.25, 0.3) is 5.91 Å². The molecule has 1 aromatic rings. The monoisotopic (exact) mass is 161 g/mol. The van der Waals surface area contributed by atoms with Crippen LogP contribution in [0.3, 0.4) is 0 Å². The highest BCUT2D eigenvalue weighted by atomic mass is 16.2. The Hall–Kier alpha value is -1.86. The Kier molecular flexibility index (Phi) is 2.41. The molecule has 0 spiro atoms. The fourth-order valence-electron chi connectivity index (χ4n) is 0.771. The Morgan fingerprint density at radius 1 is 1.42 bits per heavy atom. The van der Waals surface area contributed by atoms with Crippen molar-refractivity contribution in [2.45, 2.75) is 0 Å². The minimum absolute atomic E-state index is 0.355. The van der Waals surface area contributed by atoms with Crippen molar-refractivity contribution in [3.05, 3.63) is 41.2 Å². The van der Waals surface area contributed by atoms with E-state index in [4.69, 9.17) is 12.4 Å². The minimum atomic E-state index is -0.355. The van der Waals surface area contributed by atoms with Crippen LogP contribution in [0.5, 0.6) is 0 Å². The first kappa shape index (κ1) is 8.24. The van der Waals surface area contributed by atoms with E-state index in [2.05, 4.69) is 4.85 Å². The third-order valence-corrected chi connectivity index (χ3v) is 1.39. The normalized spacial score (nSPS) is 8.67. The van der Waals surface area contributed by atoms with E-state index >= 15 is 0 Å². The van der Waals surface area contributed by atoms with Gasteiger partial charge in [0, 0.05) is 5.56 Å². The van der Waals surface area contributed by atoms with Crippen LogP contribution >= 0.6 is 0 Å². The van der Waals surface area contributed by atoms with Gasteiger partial charge >= 0.3 is 0 Å². The molecule has 1 rings (SSSR count). The Bertz CT molecular complexity index is 323. The largest absolute Gasteiger partial charge is 0.290 e. The average Bonchev–Trinajstić information content (AvgIpc) is 2.17. The predicted molar refractivity (Wildman–Crippen MR) is 44.4 cm³/mol. The lowest BCUT2D eigenvalue weighted by molar-refractivity contribution is 0.0953. The highest BCUT2D eigenvalue weighted by Crippen LogP contribution is 2.11. The van der Waals surface area contributed by atoms with Crippen molar-refractivity contribution in [2.75, 3.05) is 0 Å². The van der Waals surface area contributed by atoms with Gasteiger partial charge < -0.3 is 0 Å². The van der Waals surface area contributed by atoms with Gasteiger partial charge in [-0.15, -0.1) is 0 Å². The summed E-state index contributed by atoms with van der Waals surface area (Å²) in [6, 6.07) is 6.24. The molecule has 0 atom stereocenters. The van der Waals surface area contributed by atoms with Crippen LogP contribution in [-0.4, -0.2) is 5.91 Å². The van der Waals surface area contributed by atoms with Crippen LogP contribution < -0.4 is 11.3 Å². The maximum absolute atomic E-state index is 10.9. The Labute approximate surface area is 69.8 Å². The van der Waals surface area contributed by atoms with Crippen LogP contribution in [-0.2, 0) is 0 Å². The molecule has 60 valence electrons. The topological polar surface area (TPSA) is 59.5 Å². The second-order valence-electron chi connectivity index (χ2n) is 2.13. The zero-order chi connectivity index (χ0) is 8.97. The fraction of sp³-hybridized carbons (Fsp3) is 0. The predicted octanol–water partition coefficient (Wildman–Crippen LogP) is 0.841. The van der Waals surface area contributed by atoms with Crippen molar-refractivity contribution in [3.8, 4) is 0 Å². The van der Waals surface area contributed by atoms with Gasteiger partial charge in [0.2, 0.25) is 0 Å². The van der Waals surface area contributed by atoms with Gasteiger partial charge in [-0.25, -0.2) is 10.7 Å². The summed E-state index contributed by atoms with van der Waals surface area (Å²) in [6.45, 7) is 6.67. The number of benzene rings is 1. The molecule has 12 heavy (non-hydrogen) atoms. The molecule has 0 unspecified atom stereocenters. The van der Waals surface area contributed by atoms with Crippen molar-refractivity contribution < 1.29 is 4.79 Å². The molecule has 0 aliphatic heterocycles. The Morgan fingerprint density at radius 3 is 2.42 bits per heavy atom. The first-order valence-electron chi connectivity index (χ1n) is 3.26. The van der Waals surface area contributed by atoms with Gasteiger partial charge in [0.05, 0.1) is 6.57 Å². The smallest absolute Gasteiger partial charge is 0.265 e. The molecular weight excluding hydrogens is 154 g/mol. The summed E-state index contributed by atoms with van der Waals surface area (Å²) in [7, 11) is 0. The number of nitrogens with zero attached hydrogens (tertiary/aromatic N) is 1. The van der Waals surface area contributed by atoms with Crippen molar-refractivity contribution >= 4 is 11.6 Å². The molecule has 0 radical (unpaired) electrons. The van der Waals surface area contributed by atoms with Gasteiger partial charge in [-0.05, 0) is 0 Å². The van der Waals surface area contributed by atoms with E-state index in [0.29, 0.717) is 11.3 Å². The van der Waals surface area contributed by atoms with E-state index in [1.165, 1.54) is 0 Å². The van der Waals surface area contributed by atoms with Crippen LogP contribution in [0, 0.1) is 6.57 Å². The number of carbonyl (C=O) groups is 1. The van der Waals surface area contributed by atoms with Gasteiger partial charge in [0.1, 0.15) is 0 Å². The average molecular weight is 161 g/mol. The maximum Gasteiger partial charge on any atom is 0.265 e. The number of nitrogen functional groups attached to an aromatic ring is 1. The van der Waals surface area contributed by atoms with Gasteiger partial charge in [-0.2, -0.15) is 0 Å². The third-order valence-electron chi connectivity index (χ3n) is 1.39.